The Balaban J connectivity index is 0.000000116. The molecule has 5 aliphatic carbocycles. The normalized spacial score (nSPS) is 14.6. The molecule has 13 heteroatoms. The largest absolute Gasteiger partial charge is 0.490 e. The molecule has 10 aromatic carbocycles. The molecule has 10 aromatic rings. The molecule has 97 heavy (non-hydrogen) atoms. The Morgan fingerprint density at radius 3 is 1.18 bits per heavy atom. The van der Waals surface area contributed by atoms with Gasteiger partial charge in [0.1, 0.15) is 43.2 Å². The van der Waals surface area contributed by atoms with Gasteiger partial charge >= 0.3 is 11.9 Å². The van der Waals surface area contributed by atoms with Crippen LogP contribution in [0.15, 0.2) is 261 Å². The Kier molecular flexibility index (Phi) is 19.2. The number of epoxide rings is 1. The Labute approximate surface area is 559 Å². The van der Waals surface area contributed by atoms with Gasteiger partial charge in [-0.3, -0.25) is 24.0 Å². The molecule has 0 N–H and O–H groups in total. The lowest BCUT2D eigenvalue weighted by Crippen LogP contribution is -2.16. The SMILES string of the molecule is C=C(C)C(=O)OC1=CC(=O)c2cccc3cccc1c23.C=C(C)C(=O)OCC1=Cc2cccc3cccc(c23)C1=O.C=CCOC1=CC(=O)c2cccc3cccc1c23.C=CCOCC1=Cc2cccc3cccc(c23)C1=O.O=C1C=C(OCC2CO2)c2cccc3cccc1c23. The van der Waals surface area contributed by atoms with E-state index in [1.807, 2.05) is 182 Å². The predicted octanol–water partition coefficient (Wildman–Crippen LogP) is 17.0. The van der Waals surface area contributed by atoms with Crippen LogP contribution in [-0.4, -0.2) is 86.6 Å². The first kappa shape index (κ1) is 65.0. The molecule has 6 aliphatic rings. The van der Waals surface area contributed by atoms with E-state index in [-0.39, 0.29) is 47.4 Å². The van der Waals surface area contributed by atoms with E-state index in [1.54, 1.807) is 50.3 Å². The van der Waals surface area contributed by atoms with Gasteiger partial charge in [0, 0.05) is 112 Å². The van der Waals surface area contributed by atoms with E-state index >= 15 is 0 Å². The summed E-state index contributed by atoms with van der Waals surface area (Å²) in [5.41, 5.74) is 10.2. The summed E-state index contributed by atoms with van der Waals surface area (Å²) in [6, 6.07) is 58.2. The van der Waals surface area contributed by atoms with Gasteiger partial charge in [0.15, 0.2) is 28.9 Å². The van der Waals surface area contributed by atoms with Gasteiger partial charge < -0.3 is 28.4 Å². The average Bonchev–Trinajstić information content (AvgIpc) is 1.65. The molecule has 0 bridgehead atoms. The zero-order chi connectivity index (χ0) is 67.9. The minimum atomic E-state index is -0.527. The van der Waals surface area contributed by atoms with E-state index in [0.29, 0.717) is 71.4 Å². The molecule has 0 amide bonds. The topological polar surface area (TPSA) is 178 Å². The molecule has 0 radical (unpaired) electrons. The van der Waals surface area contributed by atoms with Crippen LogP contribution in [0.3, 0.4) is 0 Å². The second-order valence-electron chi connectivity index (χ2n) is 23.4. The van der Waals surface area contributed by atoms with Crippen LogP contribution in [0.1, 0.15) is 93.5 Å². The first-order chi connectivity index (χ1) is 47.1. The lowest BCUT2D eigenvalue weighted by atomic mass is 9.88. The van der Waals surface area contributed by atoms with E-state index in [0.717, 1.165) is 105 Å². The number of rotatable bonds is 15. The summed E-state index contributed by atoms with van der Waals surface area (Å²) in [6.45, 7) is 19.9. The van der Waals surface area contributed by atoms with Crippen molar-refractivity contribution in [3.63, 3.8) is 0 Å². The lowest BCUT2D eigenvalue weighted by molar-refractivity contribution is -0.138. The van der Waals surface area contributed by atoms with Crippen LogP contribution in [0.5, 0.6) is 0 Å². The van der Waals surface area contributed by atoms with E-state index < -0.39 is 11.9 Å². The summed E-state index contributed by atoms with van der Waals surface area (Å²) in [4.78, 5) is 84.4. The maximum Gasteiger partial charge on any atom is 0.338 e. The summed E-state index contributed by atoms with van der Waals surface area (Å²) in [5.74, 6) is 0.387. The number of benzene rings is 10. The second-order valence-corrected chi connectivity index (χ2v) is 23.4. The third-order valence-electron chi connectivity index (χ3n) is 16.6. The van der Waals surface area contributed by atoms with Gasteiger partial charge in [-0.2, -0.15) is 0 Å². The van der Waals surface area contributed by atoms with E-state index in [1.165, 1.54) is 6.08 Å². The molecule has 0 saturated carbocycles. The van der Waals surface area contributed by atoms with Crippen molar-refractivity contribution in [2.24, 2.45) is 0 Å². The smallest absolute Gasteiger partial charge is 0.338 e. The van der Waals surface area contributed by atoms with Crippen LogP contribution in [0.4, 0.5) is 0 Å². The number of carbonyl (C=O) groups is 7. The molecule has 0 spiro atoms. The van der Waals surface area contributed by atoms with Gasteiger partial charge in [-0.1, -0.05) is 214 Å². The number of ether oxygens (including phenoxy) is 6. The molecule has 0 aromatic heterocycles. The van der Waals surface area contributed by atoms with Gasteiger partial charge in [0.25, 0.3) is 0 Å². The van der Waals surface area contributed by atoms with E-state index in [2.05, 4.69) is 26.3 Å². The summed E-state index contributed by atoms with van der Waals surface area (Å²) >= 11 is 0. The Morgan fingerprint density at radius 2 is 0.773 bits per heavy atom. The van der Waals surface area contributed by atoms with Crippen molar-refractivity contribution >= 4 is 124 Å². The standard InChI is InChI=1S/C18H14O3.C17H12O3.C17H14O2.C16H12O3.C16H12O2/c1-11(2)18(20)21-10-14-9-13-7-3-5-12-6-4-8-15(16(12)13)17(14)19;1-10(2)17(19)20-15-9-14(18)12-7-3-5-11-6-4-8-13(15)16(11)12;1-2-9-19-11-14-10-13-7-3-5-12-6-4-8-15(16(12)13)17(14)18;17-14-7-15(19-9-11-8-18-11)13-6-2-4-10-3-1-5-12(14)16(10)13;1-2-9-18-15-10-14(17)12-7-3-5-11-6-4-8-13(15)16(11)12/h3-9H,1,10H2,2H3;3-9H,1H2,2H3;2-8,10H,1,9,11H2;1-7,11H,8-9H2;2-8,10H,1,9H2. The minimum absolute atomic E-state index is 0.00152. The third-order valence-corrected chi connectivity index (χ3v) is 16.6. The van der Waals surface area contributed by atoms with Crippen molar-refractivity contribution in [1.82, 2.24) is 0 Å². The third kappa shape index (κ3) is 13.8. The molecule has 13 nitrogen and oxygen atoms in total. The van der Waals surface area contributed by atoms with Crippen LogP contribution in [0, 0.1) is 0 Å². The molecule has 1 atom stereocenters. The van der Waals surface area contributed by atoms with Crippen molar-refractivity contribution in [3.05, 3.63) is 317 Å². The van der Waals surface area contributed by atoms with Gasteiger partial charge in [-0.15, -0.1) is 6.58 Å². The van der Waals surface area contributed by atoms with Gasteiger partial charge in [-0.25, -0.2) is 9.59 Å². The zero-order valence-electron chi connectivity index (χ0n) is 53.3. The highest BCUT2D eigenvalue weighted by atomic mass is 16.6. The molecule has 16 rings (SSSR count). The lowest BCUT2D eigenvalue weighted by Gasteiger charge is -2.18. The second kappa shape index (κ2) is 28.7. The van der Waals surface area contributed by atoms with E-state index in [4.69, 9.17) is 28.4 Å². The van der Waals surface area contributed by atoms with Crippen molar-refractivity contribution in [2.75, 3.05) is 39.6 Å². The van der Waals surface area contributed by atoms with Crippen molar-refractivity contribution in [3.8, 4) is 0 Å². The zero-order valence-corrected chi connectivity index (χ0v) is 53.3. The van der Waals surface area contributed by atoms with E-state index in [9.17, 15) is 33.6 Å². The quantitative estimate of drug-likeness (QED) is 0.0312. The van der Waals surface area contributed by atoms with Crippen LogP contribution >= 0.6 is 0 Å². The fourth-order valence-corrected chi connectivity index (χ4v) is 12.0. The highest BCUT2D eigenvalue weighted by Gasteiger charge is 2.29. The number of esters is 2. The van der Waals surface area contributed by atoms with Crippen LogP contribution in [-0.2, 0) is 38.0 Å². The number of carbonyl (C=O) groups excluding carboxylic acids is 7. The maximum absolute atomic E-state index is 12.5. The van der Waals surface area contributed by atoms with Crippen molar-refractivity contribution in [1.29, 1.82) is 0 Å². The van der Waals surface area contributed by atoms with Gasteiger partial charge in [0.05, 0.1) is 19.8 Å². The first-order valence-electron chi connectivity index (χ1n) is 31.4. The highest BCUT2D eigenvalue weighted by molar-refractivity contribution is 6.26. The van der Waals surface area contributed by atoms with Crippen LogP contribution in [0.2, 0.25) is 0 Å². The maximum atomic E-state index is 12.5. The summed E-state index contributed by atoms with van der Waals surface area (Å²) < 4.78 is 32.2. The van der Waals surface area contributed by atoms with Crippen molar-refractivity contribution < 1.29 is 62.0 Å². The average molecular weight is 1280 g/mol. The number of hydrogen-bond acceptors (Lipinski definition) is 13. The number of Topliss-reactive ketones (excluding diaryl/α,β-unsaturated/α-hetero) is 2. The molecule has 478 valence electrons. The number of ketones is 5. The van der Waals surface area contributed by atoms with Crippen LogP contribution in [0.25, 0.3) is 83.3 Å². The fourth-order valence-electron chi connectivity index (χ4n) is 12.0. The molecule has 1 heterocycles. The molecule has 1 saturated heterocycles. The number of hydrogen-bond donors (Lipinski definition) is 0. The van der Waals surface area contributed by atoms with Gasteiger partial charge in [0.2, 0.25) is 0 Å². The summed E-state index contributed by atoms with van der Waals surface area (Å²) in [5, 5.41) is 10.0. The predicted molar refractivity (Wildman–Crippen MR) is 381 cm³/mol. The molecule has 1 aliphatic heterocycles. The Bertz CT molecular complexity index is 5170. The molecular weight excluding hydrogens is 1220 g/mol. The first-order valence-corrected chi connectivity index (χ1v) is 31.4. The Hall–Kier alpha value is -12.0. The van der Waals surface area contributed by atoms with Gasteiger partial charge in [-0.05, 0) is 64.1 Å². The summed E-state index contributed by atoms with van der Waals surface area (Å²) in [7, 11) is 0. The highest BCUT2D eigenvalue weighted by Crippen LogP contribution is 2.38. The number of allylic oxidation sites excluding steroid dienone is 3. The monoisotopic (exact) mass is 1280 g/mol. The molecule has 1 fully saturated rings. The fraction of sp³-hybridized carbons (Fsp3) is 0.107. The molecular formula is C84H64O13. The molecule has 1 unspecified atom stereocenters. The Morgan fingerprint density at radius 1 is 0.423 bits per heavy atom. The van der Waals surface area contributed by atoms with Crippen molar-refractivity contribution in [2.45, 2.75) is 20.0 Å². The summed E-state index contributed by atoms with van der Waals surface area (Å²) in [6.07, 6.45) is 11.8. The minimum Gasteiger partial charge on any atom is -0.490 e. The van der Waals surface area contributed by atoms with Crippen LogP contribution < -0.4 is 0 Å².